The van der Waals surface area contributed by atoms with Gasteiger partial charge in [-0.05, 0) is 37.8 Å². The van der Waals surface area contributed by atoms with E-state index in [1.807, 2.05) is 24.1 Å². The Hall–Kier alpha value is -1.70. The van der Waals surface area contributed by atoms with E-state index in [2.05, 4.69) is 14.7 Å². The summed E-state index contributed by atoms with van der Waals surface area (Å²) in [6.07, 6.45) is 3.04. The van der Waals surface area contributed by atoms with Crippen LogP contribution >= 0.6 is 0 Å². The Morgan fingerprint density at radius 3 is 2.43 bits per heavy atom. The highest BCUT2D eigenvalue weighted by molar-refractivity contribution is 7.88. The van der Waals surface area contributed by atoms with E-state index >= 15 is 0 Å². The lowest BCUT2D eigenvalue weighted by atomic mass is 9.69. The molecule has 2 aliphatic heterocycles. The maximum Gasteiger partial charge on any atom is 0.490 e. The van der Waals surface area contributed by atoms with Gasteiger partial charge >= 0.3 is 12.1 Å². The SMILES string of the molecule is Cn1cc(CN2CCC3(CCOCC3NS(C)(=O)=O)CC2)cn1.O=C(O)C(F)(F)F. The molecule has 3 rings (SSSR count). The first-order valence-corrected chi connectivity index (χ1v) is 11.2. The van der Waals surface area contributed by atoms with Crippen LogP contribution in [0.5, 0.6) is 0 Å². The molecule has 1 spiro atoms. The maximum absolute atomic E-state index is 11.6. The summed E-state index contributed by atoms with van der Waals surface area (Å²) < 4.78 is 65.2. The van der Waals surface area contributed by atoms with Crippen LogP contribution in [0.2, 0.25) is 0 Å². The highest BCUT2D eigenvalue weighted by atomic mass is 32.2. The lowest BCUT2D eigenvalue weighted by Gasteiger charge is -2.48. The van der Waals surface area contributed by atoms with Crippen LogP contribution in [0.25, 0.3) is 0 Å². The predicted molar refractivity (Wildman–Crippen MR) is 101 cm³/mol. The van der Waals surface area contributed by atoms with Gasteiger partial charge < -0.3 is 9.84 Å². The number of carboxylic acids is 1. The number of rotatable bonds is 4. The Morgan fingerprint density at radius 2 is 1.97 bits per heavy atom. The van der Waals surface area contributed by atoms with Crippen molar-refractivity contribution in [2.75, 3.05) is 32.6 Å². The maximum atomic E-state index is 11.6. The summed E-state index contributed by atoms with van der Waals surface area (Å²) in [5.41, 5.74) is 1.26. The number of aliphatic carboxylic acids is 1. The number of nitrogens with one attached hydrogen (secondary N) is 1. The number of hydrogen-bond acceptors (Lipinski definition) is 6. The van der Waals surface area contributed by atoms with Gasteiger partial charge in [0.25, 0.3) is 0 Å². The van der Waals surface area contributed by atoms with E-state index in [-0.39, 0.29) is 11.5 Å². The van der Waals surface area contributed by atoms with Crippen LogP contribution in [0.15, 0.2) is 12.4 Å². The Kier molecular flexibility index (Phi) is 7.88. The van der Waals surface area contributed by atoms with Crippen molar-refractivity contribution in [3.8, 4) is 0 Å². The minimum Gasteiger partial charge on any atom is -0.475 e. The second-order valence-corrected chi connectivity index (χ2v) is 9.51. The molecule has 0 aliphatic carbocycles. The highest BCUT2D eigenvalue weighted by Gasteiger charge is 2.44. The lowest BCUT2D eigenvalue weighted by Crippen LogP contribution is -2.57. The molecule has 2 aliphatic rings. The number of halogens is 3. The molecule has 2 fully saturated rings. The molecule has 3 heterocycles. The molecule has 0 bridgehead atoms. The first-order valence-electron chi connectivity index (χ1n) is 9.36. The van der Waals surface area contributed by atoms with E-state index in [9.17, 15) is 21.6 Å². The molecule has 1 aromatic rings. The Bertz CT molecular complexity index is 820. The van der Waals surface area contributed by atoms with E-state index in [1.165, 1.54) is 11.8 Å². The van der Waals surface area contributed by atoms with Crippen molar-refractivity contribution in [1.82, 2.24) is 19.4 Å². The fourth-order valence-corrected chi connectivity index (χ4v) is 4.65. The molecular formula is C17H27F3N4O5S. The largest absolute Gasteiger partial charge is 0.490 e. The zero-order valence-corrected chi connectivity index (χ0v) is 17.7. The van der Waals surface area contributed by atoms with Crippen molar-refractivity contribution in [2.45, 2.75) is 38.0 Å². The topological polar surface area (TPSA) is 114 Å². The fraction of sp³-hybridized carbons (Fsp3) is 0.765. The third kappa shape index (κ3) is 7.22. The molecule has 0 aromatic carbocycles. The van der Waals surface area contributed by atoms with Gasteiger partial charge in [0.15, 0.2) is 0 Å². The van der Waals surface area contributed by atoms with Crippen LogP contribution in [0, 0.1) is 5.41 Å². The number of nitrogens with zero attached hydrogens (tertiary/aromatic N) is 3. The zero-order chi connectivity index (χ0) is 22.6. The molecular weight excluding hydrogens is 429 g/mol. The molecule has 172 valence electrons. The van der Waals surface area contributed by atoms with E-state index in [0.717, 1.165) is 45.5 Å². The number of alkyl halides is 3. The molecule has 1 unspecified atom stereocenters. The normalized spacial score (nSPS) is 22.4. The van der Waals surface area contributed by atoms with E-state index in [4.69, 9.17) is 14.6 Å². The van der Waals surface area contributed by atoms with Crippen LogP contribution in [0.1, 0.15) is 24.8 Å². The molecule has 30 heavy (non-hydrogen) atoms. The van der Waals surface area contributed by atoms with Gasteiger partial charge in [0.2, 0.25) is 10.0 Å². The van der Waals surface area contributed by atoms with Crippen molar-refractivity contribution >= 4 is 16.0 Å². The zero-order valence-electron chi connectivity index (χ0n) is 16.9. The van der Waals surface area contributed by atoms with Crippen molar-refractivity contribution in [2.24, 2.45) is 12.5 Å². The number of carbonyl (C=O) groups is 1. The van der Waals surface area contributed by atoms with Crippen molar-refractivity contribution in [3.05, 3.63) is 18.0 Å². The number of hydrogen-bond donors (Lipinski definition) is 2. The van der Waals surface area contributed by atoms with Gasteiger partial charge in [-0.2, -0.15) is 18.3 Å². The van der Waals surface area contributed by atoms with Gasteiger partial charge in [-0.3, -0.25) is 9.58 Å². The number of ether oxygens (including phenoxy) is 1. The number of aromatic nitrogens is 2. The van der Waals surface area contributed by atoms with Crippen LogP contribution in [0.3, 0.4) is 0 Å². The lowest BCUT2D eigenvalue weighted by molar-refractivity contribution is -0.192. The van der Waals surface area contributed by atoms with Crippen LogP contribution < -0.4 is 4.72 Å². The smallest absolute Gasteiger partial charge is 0.475 e. The summed E-state index contributed by atoms with van der Waals surface area (Å²) in [6.45, 7) is 4.08. The first-order chi connectivity index (χ1) is 13.8. The summed E-state index contributed by atoms with van der Waals surface area (Å²) in [7, 11) is -1.28. The molecule has 13 heteroatoms. The van der Waals surface area contributed by atoms with Crippen molar-refractivity contribution in [3.63, 3.8) is 0 Å². The summed E-state index contributed by atoms with van der Waals surface area (Å²) >= 11 is 0. The molecule has 1 atom stereocenters. The summed E-state index contributed by atoms with van der Waals surface area (Å²) in [6, 6.07) is -0.105. The molecule has 0 saturated carbocycles. The van der Waals surface area contributed by atoms with Gasteiger partial charge in [0, 0.05) is 32.0 Å². The number of carboxylic acid groups (broad SMARTS) is 1. The number of sulfonamides is 1. The average Bonchev–Trinajstić information content (AvgIpc) is 3.03. The molecule has 2 N–H and O–H groups in total. The Morgan fingerprint density at radius 1 is 1.37 bits per heavy atom. The molecule has 0 amide bonds. The highest BCUT2D eigenvalue weighted by Crippen LogP contribution is 2.41. The average molecular weight is 456 g/mol. The number of aryl methyl sites for hydroxylation is 1. The van der Waals surface area contributed by atoms with E-state index in [0.29, 0.717) is 6.61 Å². The summed E-state index contributed by atoms with van der Waals surface area (Å²) in [4.78, 5) is 11.3. The van der Waals surface area contributed by atoms with Crippen molar-refractivity contribution in [1.29, 1.82) is 0 Å². The van der Waals surface area contributed by atoms with Gasteiger partial charge in [0.05, 0.1) is 25.1 Å². The van der Waals surface area contributed by atoms with E-state index in [1.54, 1.807) is 0 Å². The quantitative estimate of drug-likeness (QED) is 0.694. The van der Waals surface area contributed by atoms with Gasteiger partial charge in [0.1, 0.15) is 0 Å². The predicted octanol–water partition coefficient (Wildman–Crippen LogP) is 0.974. The summed E-state index contributed by atoms with van der Waals surface area (Å²) in [5.74, 6) is -2.76. The molecule has 1 aromatic heterocycles. The van der Waals surface area contributed by atoms with Gasteiger partial charge in [-0.15, -0.1) is 0 Å². The third-order valence-electron chi connectivity index (χ3n) is 5.38. The van der Waals surface area contributed by atoms with Crippen LogP contribution in [-0.2, 0) is 33.1 Å². The Labute approximate surface area is 173 Å². The van der Waals surface area contributed by atoms with Gasteiger partial charge in [-0.1, -0.05) is 0 Å². The fourth-order valence-electron chi connectivity index (χ4n) is 3.81. The second kappa shape index (κ2) is 9.62. The number of piperidine rings is 1. The Balaban J connectivity index is 0.000000396. The van der Waals surface area contributed by atoms with E-state index < -0.39 is 22.2 Å². The third-order valence-corrected chi connectivity index (χ3v) is 6.10. The van der Waals surface area contributed by atoms with Crippen LogP contribution in [0.4, 0.5) is 13.2 Å². The second-order valence-electron chi connectivity index (χ2n) is 7.73. The molecule has 0 radical (unpaired) electrons. The molecule has 9 nitrogen and oxygen atoms in total. The van der Waals surface area contributed by atoms with Crippen molar-refractivity contribution < 1.29 is 36.2 Å². The standard InChI is InChI=1S/C15H26N4O3S.C2HF3O2/c1-18-10-13(9-16-18)11-19-6-3-15(4-7-19)5-8-22-12-14(15)17-23(2,20)21;3-2(4,5)1(6)7/h9-10,14,17H,3-8,11-12H2,1-2H3;(H,6,7). The van der Waals surface area contributed by atoms with Gasteiger partial charge in [-0.25, -0.2) is 17.9 Å². The van der Waals surface area contributed by atoms with Crippen LogP contribution in [-0.4, -0.2) is 79.0 Å². The monoisotopic (exact) mass is 456 g/mol. The first kappa shape index (κ1) is 24.6. The summed E-state index contributed by atoms with van der Waals surface area (Å²) in [5, 5.41) is 11.3. The minimum atomic E-state index is -5.08. The molecule has 2 saturated heterocycles. The minimum absolute atomic E-state index is 0.0345. The number of likely N-dealkylation sites (tertiary alicyclic amines) is 1.